The van der Waals surface area contributed by atoms with Crippen molar-refractivity contribution >= 4 is 27.5 Å². The Hall–Kier alpha value is -1.11. The van der Waals surface area contributed by atoms with Crippen LogP contribution in [0.2, 0.25) is 5.02 Å². The number of carbonyl (C=O) groups is 1. The lowest BCUT2D eigenvalue weighted by Crippen LogP contribution is -2.46. The highest BCUT2D eigenvalue weighted by atomic mass is 35.5. The highest BCUT2D eigenvalue weighted by Gasteiger charge is 2.35. The van der Waals surface area contributed by atoms with E-state index in [4.69, 9.17) is 11.6 Å². The summed E-state index contributed by atoms with van der Waals surface area (Å²) in [5.41, 5.74) is 0. The first-order valence-electron chi connectivity index (χ1n) is 7.53. The van der Waals surface area contributed by atoms with Crippen molar-refractivity contribution in [2.45, 2.75) is 36.6 Å². The van der Waals surface area contributed by atoms with Crippen molar-refractivity contribution in [1.29, 1.82) is 0 Å². The third-order valence-electron chi connectivity index (χ3n) is 4.18. The maximum absolute atomic E-state index is 12.4. The van der Waals surface area contributed by atoms with Gasteiger partial charge in [0.05, 0.1) is 5.02 Å². The summed E-state index contributed by atoms with van der Waals surface area (Å²) in [7, 11) is -3.62. The SMILES string of the molecule is O=C(C1CC1)N1CCC(NS(=O)(=O)c2ccccc2Cl)CC1. The fourth-order valence-corrected chi connectivity index (χ4v) is 4.58. The number of piperidine rings is 1. The van der Waals surface area contributed by atoms with Crippen LogP contribution in [0.4, 0.5) is 0 Å². The van der Waals surface area contributed by atoms with Gasteiger partial charge in [-0.1, -0.05) is 23.7 Å². The Balaban J connectivity index is 1.60. The number of halogens is 1. The predicted molar refractivity (Wildman–Crippen MR) is 84.1 cm³/mol. The summed E-state index contributed by atoms with van der Waals surface area (Å²) in [5.74, 6) is 0.448. The van der Waals surface area contributed by atoms with Gasteiger partial charge in [-0.15, -0.1) is 0 Å². The topological polar surface area (TPSA) is 66.5 Å². The molecule has 1 aromatic rings. The van der Waals surface area contributed by atoms with E-state index < -0.39 is 10.0 Å². The molecule has 0 aromatic heterocycles. The van der Waals surface area contributed by atoms with E-state index in [2.05, 4.69) is 4.72 Å². The number of rotatable bonds is 4. The zero-order valence-corrected chi connectivity index (χ0v) is 13.7. The number of likely N-dealkylation sites (tertiary alicyclic amines) is 1. The standard InChI is InChI=1S/C15H19ClN2O3S/c16-13-3-1-2-4-14(13)22(20,21)17-12-7-9-18(10-8-12)15(19)11-5-6-11/h1-4,11-12,17H,5-10H2. The van der Waals surface area contributed by atoms with Crippen LogP contribution < -0.4 is 4.72 Å². The van der Waals surface area contributed by atoms with Crippen LogP contribution in [-0.4, -0.2) is 38.4 Å². The fraction of sp³-hybridized carbons (Fsp3) is 0.533. The molecule has 1 saturated heterocycles. The van der Waals surface area contributed by atoms with Crippen LogP contribution in [0.25, 0.3) is 0 Å². The van der Waals surface area contributed by atoms with E-state index in [0.29, 0.717) is 25.9 Å². The van der Waals surface area contributed by atoms with Crippen molar-refractivity contribution in [3.05, 3.63) is 29.3 Å². The highest BCUT2D eigenvalue weighted by molar-refractivity contribution is 7.89. The third kappa shape index (κ3) is 3.45. The minimum Gasteiger partial charge on any atom is -0.342 e. The summed E-state index contributed by atoms with van der Waals surface area (Å²) >= 11 is 5.96. The number of hydrogen-bond acceptors (Lipinski definition) is 3. The maximum Gasteiger partial charge on any atom is 0.242 e. The molecule has 0 radical (unpaired) electrons. The van der Waals surface area contributed by atoms with Gasteiger partial charge in [0.25, 0.3) is 0 Å². The molecule has 5 nitrogen and oxygen atoms in total. The highest BCUT2D eigenvalue weighted by Crippen LogP contribution is 2.32. The van der Waals surface area contributed by atoms with Gasteiger partial charge >= 0.3 is 0 Å². The average Bonchev–Trinajstić information content (AvgIpc) is 3.32. The van der Waals surface area contributed by atoms with Crippen molar-refractivity contribution in [2.75, 3.05) is 13.1 Å². The Morgan fingerprint density at radius 3 is 2.36 bits per heavy atom. The molecule has 0 spiro atoms. The molecule has 0 bridgehead atoms. The molecule has 120 valence electrons. The van der Waals surface area contributed by atoms with E-state index in [-0.39, 0.29) is 27.8 Å². The zero-order chi connectivity index (χ0) is 15.7. The van der Waals surface area contributed by atoms with Gasteiger partial charge in [0.1, 0.15) is 4.90 Å². The smallest absolute Gasteiger partial charge is 0.242 e. The molecule has 1 aliphatic heterocycles. The average molecular weight is 343 g/mol. The second-order valence-electron chi connectivity index (χ2n) is 5.93. The summed E-state index contributed by atoms with van der Waals surface area (Å²) in [6.07, 6.45) is 3.28. The summed E-state index contributed by atoms with van der Waals surface area (Å²) in [6.45, 7) is 1.23. The van der Waals surface area contributed by atoms with Crippen LogP contribution in [0.5, 0.6) is 0 Å². The van der Waals surface area contributed by atoms with Crippen LogP contribution in [-0.2, 0) is 14.8 Å². The molecule has 22 heavy (non-hydrogen) atoms. The lowest BCUT2D eigenvalue weighted by Gasteiger charge is -2.32. The van der Waals surface area contributed by atoms with E-state index >= 15 is 0 Å². The Bertz CT molecular complexity index is 665. The minimum atomic E-state index is -3.62. The number of carbonyl (C=O) groups excluding carboxylic acids is 1. The lowest BCUT2D eigenvalue weighted by molar-refractivity contribution is -0.133. The van der Waals surface area contributed by atoms with Gasteiger partial charge in [0.2, 0.25) is 15.9 Å². The summed E-state index contributed by atoms with van der Waals surface area (Å²) in [4.78, 5) is 14.0. The third-order valence-corrected chi connectivity index (χ3v) is 6.20. The molecule has 1 saturated carbocycles. The predicted octanol–water partition coefficient (Wildman–Crippen LogP) is 2.02. The molecular weight excluding hydrogens is 324 g/mol. The number of sulfonamides is 1. The molecular formula is C15H19ClN2O3S. The Labute approximate surface area is 135 Å². The number of amides is 1. The van der Waals surface area contributed by atoms with E-state index in [1.165, 1.54) is 6.07 Å². The van der Waals surface area contributed by atoms with Crippen molar-refractivity contribution < 1.29 is 13.2 Å². The van der Waals surface area contributed by atoms with Gasteiger partial charge in [-0.25, -0.2) is 13.1 Å². The van der Waals surface area contributed by atoms with Crippen molar-refractivity contribution in [3.63, 3.8) is 0 Å². The Morgan fingerprint density at radius 2 is 1.77 bits per heavy atom. The van der Waals surface area contributed by atoms with E-state index in [9.17, 15) is 13.2 Å². The van der Waals surface area contributed by atoms with Crippen LogP contribution >= 0.6 is 11.6 Å². The van der Waals surface area contributed by atoms with Gasteiger partial charge in [0, 0.05) is 25.0 Å². The van der Waals surface area contributed by atoms with Gasteiger partial charge in [-0.2, -0.15) is 0 Å². The molecule has 2 aliphatic rings. The molecule has 3 rings (SSSR count). The monoisotopic (exact) mass is 342 g/mol. The molecule has 0 unspecified atom stereocenters. The summed E-state index contributed by atoms with van der Waals surface area (Å²) in [5, 5.41) is 0.219. The van der Waals surface area contributed by atoms with Crippen LogP contribution in [0.3, 0.4) is 0 Å². The normalized spacial score (nSPS) is 20.1. The van der Waals surface area contributed by atoms with Crippen LogP contribution in [0, 0.1) is 5.92 Å². The molecule has 1 N–H and O–H groups in total. The fourth-order valence-electron chi connectivity index (χ4n) is 2.75. The van der Waals surface area contributed by atoms with E-state index in [1.54, 1.807) is 18.2 Å². The largest absolute Gasteiger partial charge is 0.342 e. The second-order valence-corrected chi connectivity index (χ2v) is 8.02. The van der Waals surface area contributed by atoms with Crippen molar-refractivity contribution in [2.24, 2.45) is 5.92 Å². The first-order valence-corrected chi connectivity index (χ1v) is 9.39. The second kappa shape index (κ2) is 6.18. The summed E-state index contributed by atoms with van der Waals surface area (Å²) in [6, 6.07) is 6.26. The lowest BCUT2D eigenvalue weighted by atomic mass is 10.1. The van der Waals surface area contributed by atoms with Gasteiger partial charge < -0.3 is 4.90 Å². The number of benzene rings is 1. The molecule has 0 atom stereocenters. The van der Waals surface area contributed by atoms with Gasteiger partial charge in [0.15, 0.2) is 0 Å². The van der Waals surface area contributed by atoms with Gasteiger partial charge in [-0.3, -0.25) is 4.79 Å². The first-order chi connectivity index (χ1) is 10.5. The Kier molecular flexibility index (Phi) is 4.43. The van der Waals surface area contributed by atoms with Crippen LogP contribution in [0.1, 0.15) is 25.7 Å². The van der Waals surface area contributed by atoms with Crippen LogP contribution in [0.15, 0.2) is 29.2 Å². The maximum atomic E-state index is 12.4. The zero-order valence-electron chi connectivity index (χ0n) is 12.2. The summed E-state index contributed by atoms with van der Waals surface area (Å²) < 4.78 is 27.5. The quantitative estimate of drug-likeness (QED) is 0.910. The molecule has 7 heteroatoms. The molecule has 1 aliphatic carbocycles. The molecule has 1 amide bonds. The minimum absolute atomic E-state index is 0.105. The van der Waals surface area contributed by atoms with Crippen molar-refractivity contribution in [3.8, 4) is 0 Å². The molecule has 2 fully saturated rings. The first kappa shape index (κ1) is 15.8. The Morgan fingerprint density at radius 1 is 1.14 bits per heavy atom. The molecule has 1 heterocycles. The number of nitrogens with zero attached hydrogens (tertiary/aromatic N) is 1. The number of nitrogens with one attached hydrogen (secondary N) is 1. The van der Waals surface area contributed by atoms with E-state index in [1.807, 2.05) is 4.90 Å². The van der Waals surface area contributed by atoms with Gasteiger partial charge in [-0.05, 0) is 37.8 Å². The molecule has 1 aromatic carbocycles. The number of hydrogen-bond donors (Lipinski definition) is 1. The van der Waals surface area contributed by atoms with Crippen molar-refractivity contribution in [1.82, 2.24) is 9.62 Å². The van der Waals surface area contributed by atoms with E-state index in [0.717, 1.165) is 12.8 Å².